The second-order valence-electron chi connectivity index (χ2n) is 5.92. The Morgan fingerprint density at radius 1 is 1.00 bits per heavy atom. The van der Waals surface area contributed by atoms with Gasteiger partial charge in [0.2, 0.25) is 0 Å². The van der Waals surface area contributed by atoms with Gasteiger partial charge in [0.1, 0.15) is 0 Å². The van der Waals surface area contributed by atoms with Gasteiger partial charge in [0.15, 0.2) is 0 Å². The van der Waals surface area contributed by atoms with Gasteiger partial charge in [-0.3, -0.25) is 9.36 Å². The first-order valence-corrected chi connectivity index (χ1v) is 10.2. The van der Waals surface area contributed by atoms with E-state index in [0.29, 0.717) is 5.69 Å². The Kier molecular flexibility index (Phi) is 5.29. The SMILES string of the molecule is O=C(Nc1ccccc1)c1ccc2sc(C(F)(F)P(=O)(O)O)c(C(F)(F)F)c2c1. The number of hydrogen-bond acceptors (Lipinski definition) is 3. The van der Waals surface area contributed by atoms with Crippen molar-refractivity contribution in [1.29, 1.82) is 0 Å². The van der Waals surface area contributed by atoms with Gasteiger partial charge in [-0.05, 0) is 30.3 Å². The third-order valence-corrected chi connectivity index (χ3v) is 6.25. The molecule has 0 fully saturated rings. The van der Waals surface area contributed by atoms with E-state index in [2.05, 4.69) is 5.32 Å². The fourth-order valence-corrected chi connectivity index (χ4v) is 4.54. The molecule has 1 aromatic heterocycles. The third kappa shape index (κ3) is 4.04. The Labute approximate surface area is 163 Å². The standard InChI is InChI=1S/C17H11F5NO4PS/c18-16(19,20)13-11-8-9(15(24)23-10-4-2-1-3-5-10)6-7-12(11)29-14(13)17(21,22)28(25,26)27/h1-8H,(H,23,24)(H2,25,26,27). The number of halogens is 5. The van der Waals surface area contributed by atoms with Crippen LogP contribution in [0.3, 0.4) is 0 Å². The Balaban J connectivity index is 2.15. The van der Waals surface area contributed by atoms with Crippen LogP contribution in [0.2, 0.25) is 0 Å². The van der Waals surface area contributed by atoms with Gasteiger partial charge in [-0.2, -0.15) is 22.0 Å². The number of hydrogen-bond donors (Lipinski definition) is 3. The van der Waals surface area contributed by atoms with Crippen LogP contribution in [-0.4, -0.2) is 15.7 Å². The molecule has 1 heterocycles. The summed E-state index contributed by atoms with van der Waals surface area (Å²) < 4.78 is 79.6. The highest BCUT2D eigenvalue weighted by atomic mass is 32.1. The first kappa shape index (κ1) is 21.4. The number of thiophene rings is 1. The number of amides is 1. The molecule has 0 unspecified atom stereocenters. The molecular formula is C17H11F5NO4PS. The molecule has 3 N–H and O–H groups in total. The van der Waals surface area contributed by atoms with E-state index in [1.807, 2.05) is 0 Å². The van der Waals surface area contributed by atoms with Crippen molar-refractivity contribution in [2.24, 2.45) is 0 Å². The van der Waals surface area contributed by atoms with Crippen molar-refractivity contribution in [3.63, 3.8) is 0 Å². The fraction of sp³-hybridized carbons (Fsp3) is 0.118. The van der Waals surface area contributed by atoms with Gasteiger partial charge in [-0.15, -0.1) is 11.3 Å². The maximum absolute atomic E-state index is 14.1. The van der Waals surface area contributed by atoms with Crippen molar-refractivity contribution in [3.05, 3.63) is 64.5 Å². The molecule has 0 saturated carbocycles. The Bertz CT molecular complexity index is 1120. The highest BCUT2D eigenvalue weighted by Crippen LogP contribution is 2.63. The average molecular weight is 451 g/mol. The van der Waals surface area contributed by atoms with Gasteiger partial charge >= 0.3 is 19.4 Å². The zero-order valence-corrected chi connectivity index (χ0v) is 15.8. The highest BCUT2D eigenvalue weighted by Gasteiger charge is 2.56. The molecule has 2 aromatic carbocycles. The van der Waals surface area contributed by atoms with Gasteiger partial charge in [0.05, 0.1) is 10.4 Å². The number of fused-ring (bicyclic) bond motifs is 1. The van der Waals surface area contributed by atoms with Crippen molar-refractivity contribution < 1.29 is 41.1 Å². The van der Waals surface area contributed by atoms with Crippen LogP contribution in [-0.2, 0) is 16.4 Å². The van der Waals surface area contributed by atoms with Gasteiger partial charge in [-0.1, -0.05) is 18.2 Å². The number of carbonyl (C=O) groups excluding carboxylic acids is 1. The summed E-state index contributed by atoms with van der Waals surface area (Å²) in [5.74, 6) is -0.777. The van der Waals surface area contributed by atoms with Crippen molar-refractivity contribution in [2.45, 2.75) is 11.8 Å². The van der Waals surface area contributed by atoms with Crippen LogP contribution in [0, 0.1) is 0 Å². The molecule has 0 radical (unpaired) electrons. The first-order valence-electron chi connectivity index (χ1n) is 7.76. The summed E-state index contributed by atoms with van der Waals surface area (Å²) in [5, 5.41) is 1.71. The van der Waals surface area contributed by atoms with E-state index in [1.54, 1.807) is 30.3 Å². The van der Waals surface area contributed by atoms with Gasteiger partial charge in [-0.25, -0.2) is 0 Å². The van der Waals surface area contributed by atoms with Crippen LogP contribution in [0.4, 0.5) is 27.6 Å². The molecule has 0 aliphatic heterocycles. The molecule has 5 nitrogen and oxygen atoms in total. The van der Waals surface area contributed by atoms with E-state index >= 15 is 0 Å². The van der Waals surface area contributed by atoms with Gasteiger partial charge in [0.25, 0.3) is 5.91 Å². The fourth-order valence-electron chi connectivity index (χ4n) is 2.59. The molecule has 154 valence electrons. The van der Waals surface area contributed by atoms with Crippen molar-refractivity contribution >= 4 is 40.6 Å². The van der Waals surface area contributed by atoms with E-state index in [-0.39, 0.29) is 21.6 Å². The molecule has 3 rings (SSSR count). The monoisotopic (exact) mass is 451 g/mol. The smallest absolute Gasteiger partial charge is 0.322 e. The lowest BCUT2D eigenvalue weighted by Gasteiger charge is -2.19. The summed E-state index contributed by atoms with van der Waals surface area (Å²) in [7, 11) is -6.22. The molecule has 0 spiro atoms. The summed E-state index contributed by atoms with van der Waals surface area (Å²) in [6.07, 6.45) is -5.33. The van der Waals surface area contributed by atoms with E-state index in [4.69, 9.17) is 9.79 Å². The Hall–Kier alpha value is -2.33. The third-order valence-electron chi connectivity index (χ3n) is 3.90. The summed E-state index contributed by atoms with van der Waals surface area (Å²) in [6, 6.07) is 10.9. The maximum atomic E-state index is 14.1. The van der Waals surface area contributed by atoms with E-state index in [9.17, 15) is 31.3 Å². The minimum atomic E-state index is -6.22. The molecule has 3 aromatic rings. The number of para-hydroxylation sites is 1. The Morgan fingerprint density at radius 2 is 1.62 bits per heavy atom. The summed E-state index contributed by atoms with van der Waals surface area (Å²) in [5.41, 5.74) is -6.78. The minimum Gasteiger partial charge on any atom is -0.322 e. The van der Waals surface area contributed by atoms with Gasteiger partial charge < -0.3 is 15.1 Å². The average Bonchev–Trinajstić information content (AvgIpc) is 3.01. The zero-order valence-electron chi connectivity index (χ0n) is 14.1. The number of carbonyl (C=O) groups is 1. The molecule has 12 heteroatoms. The quantitative estimate of drug-likeness (QED) is 0.366. The molecule has 29 heavy (non-hydrogen) atoms. The highest BCUT2D eigenvalue weighted by molar-refractivity contribution is 7.53. The van der Waals surface area contributed by atoms with Crippen LogP contribution in [0.5, 0.6) is 0 Å². The lowest BCUT2D eigenvalue weighted by atomic mass is 10.1. The second kappa shape index (κ2) is 7.17. The van der Waals surface area contributed by atoms with Crippen molar-refractivity contribution in [3.8, 4) is 0 Å². The van der Waals surface area contributed by atoms with E-state index in [1.165, 1.54) is 0 Å². The van der Waals surface area contributed by atoms with Crippen LogP contribution in [0.1, 0.15) is 20.8 Å². The second-order valence-corrected chi connectivity index (χ2v) is 8.62. The lowest BCUT2D eigenvalue weighted by Crippen LogP contribution is -2.18. The molecule has 1 amide bonds. The van der Waals surface area contributed by atoms with Crippen LogP contribution < -0.4 is 5.32 Å². The van der Waals surface area contributed by atoms with E-state index in [0.717, 1.165) is 18.2 Å². The summed E-state index contributed by atoms with van der Waals surface area (Å²) in [4.78, 5) is 28.2. The van der Waals surface area contributed by atoms with Crippen LogP contribution in [0.25, 0.3) is 10.1 Å². The van der Waals surface area contributed by atoms with Crippen LogP contribution >= 0.6 is 18.9 Å². The molecule has 0 aliphatic carbocycles. The molecular weight excluding hydrogens is 440 g/mol. The molecule has 0 saturated heterocycles. The van der Waals surface area contributed by atoms with Crippen LogP contribution in [0.15, 0.2) is 48.5 Å². The zero-order chi connectivity index (χ0) is 21.6. The lowest BCUT2D eigenvalue weighted by molar-refractivity contribution is -0.138. The van der Waals surface area contributed by atoms with Gasteiger partial charge in [0, 0.05) is 21.3 Å². The first-order chi connectivity index (χ1) is 13.3. The van der Waals surface area contributed by atoms with E-state index < -0.39 is 41.2 Å². The van der Waals surface area contributed by atoms with Crippen molar-refractivity contribution in [2.75, 3.05) is 5.32 Å². The number of rotatable bonds is 4. The molecule has 0 aliphatic rings. The number of alkyl halides is 5. The normalized spacial score (nSPS) is 12.9. The maximum Gasteiger partial charge on any atom is 0.418 e. The minimum absolute atomic E-state index is 0.0849. The topological polar surface area (TPSA) is 86.6 Å². The van der Waals surface area contributed by atoms with Crippen molar-refractivity contribution in [1.82, 2.24) is 0 Å². The number of benzene rings is 2. The molecule has 0 atom stereocenters. The molecule has 0 bridgehead atoms. The summed E-state index contributed by atoms with van der Waals surface area (Å²) in [6.45, 7) is 0. The Morgan fingerprint density at radius 3 is 2.17 bits per heavy atom. The number of anilines is 1. The number of nitrogens with one attached hydrogen (secondary N) is 1. The predicted molar refractivity (Wildman–Crippen MR) is 97.2 cm³/mol. The summed E-state index contributed by atoms with van der Waals surface area (Å²) >= 11 is -0.0849. The predicted octanol–water partition coefficient (Wildman–Crippen LogP) is 5.40. The largest absolute Gasteiger partial charge is 0.418 e.